The largest absolute Gasteiger partial charge is 0.377 e. The minimum absolute atomic E-state index is 0.342. The van der Waals surface area contributed by atoms with Crippen LogP contribution in [0.1, 0.15) is 20.8 Å². The maximum atomic E-state index is 5.28. The van der Waals surface area contributed by atoms with E-state index in [9.17, 15) is 0 Å². The Labute approximate surface area is 69.5 Å². The molecule has 0 aliphatic carbocycles. The van der Waals surface area contributed by atoms with Gasteiger partial charge in [0.25, 0.3) is 0 Å². The lowest BCUT2D eigenvalue weighted by Crippen LogP contribution is -2.64. The summed E-state index contributed by atoms with van der Waals surface area (Å²) in [4.78, 5) is 2.40. The minimum Gasteiger partial charge on any atom is -0.377 e. The second kappa shape index (κ2) is 3.11. The predicted molar refractivity (Wildman–Crippen MR) is 46.7 cm³/mol. The van der Waals surface area contributed by atoms with E-state index < -0.39 is 0 Å². The Hall–Kier alpha value is -0.0800. The third-order valence-corrected chi connectivity index (χ3v) is 3.01. The van der Waals surface area contributed by atoms with Crippen molar-refractivity contribution in [3.63, 3.8) is 0 Å². The molecule has 0 atom stereocenters. The van der Waals surface area contributed by atoms with Gasteiger partial charge in [0, 0.05) is 0 Å². The summed E-state index contributed by atoms with van der Waals surface area (Å²) in [5.74, 6) is 0.696. The average molecular weight is 157 g/mol. The summed E-state index contributed by atoms with van der Waals surface area (Å²) >= 11 is 0. The maximum absolute atomic E-state index is 5.28. The van der Waals surface area contributed by atoms with Crippen LogP contribution in [-0.2, 0) is 4.74 Å². The van der Waals surface area contributed by atoms with Crippen LogP contribution in [0.3, 0.4) is 0 Å². The van der Waals surface area contributed by atoms with Crippen molar-refractivity contribution in [3.05, 3.63) is 0 Å². The van der Waals surface area contributed by atoms with Crippen molar-refractivity contribution in [2.75, 3.05) is 26.8 Å². The quantitative estimate of drug-likeness (QED) is 0.613. The zero-order chi connectivity index (χ0) is 8.48. The van der Waals surface area contributed by atoms with Crippen molar-refractivity contribution in [3.8, 4) is 0 Å². The molecule has 0 N–H and O–H groups in total. The Bertz CT molecular complexity index is 130. The van der Waals surface area contributed by atoms with Crippen molar-refractivity contribution >= 4 is 0 Å². The van der Waals surface area contributed by atoms with Crippen LogP contribution in [0.5, 0.6) is 0 Å². The van der Waals surface area contributed by atoms with Crippen LogP contribution in [0.4, 0.5) is 0 Å². The fourth-order valence-corrected chi connectivity index (χ4v) is 1.62. The van der Waals surface area contributed by atoms with Crippen molar-refractivity contribution in [1.29, 1.82) is 0 Å². The molecule has 1 heterocycles. The van der Waals surface area contributed by atoms with E-state index in [1.807, 2.05) is 0 Å². The van der Waals surface area contributed by atoms with Gasteiger partial charge in [0.2, 0.25) is 0 Å². The van der Waals surface area contributed by atoms with Crippen LogP contribution in [0.25, 0.3) is 0 Å². The fraction of sp³-hybridized carbons (Fsp3) is 1.00. The monoisotopic (exact) mass is 157 g/mol. The first kappa shape index (κ1) is 9.01. The normalized spacial score (nSPS) is 22.4. The van der Waals surface area contributed by atoms with Gasteiger partial charge in [0.15, 0.2) is 0 Å². The van der Waals surface area contributed by atoms with Gasteiger partial charge in [0.05, 0.1) is 18.8 Å². The van der Waals surface area contributed by atoms with Crippen molar-refractivity contribution in [1.82, 2.24) is 4.90 Å². The Morgan fingerprint density at radius 2 is 2.00 bits per heavy atom. The Kier molecular flexibility index (Phi) is 2.55. The number of rotatable bonds is 3. The van der Waals surface area contributed by atoms with Crippen LogP contribution < -0.4 is 0 Å². The summed E-state index contributed by atoms with van der Waals surface area (Å²) in [7, 11) is 2.18. The van der Waals surface area contributed by atoms with E-state index >= 15 is 0 Å². The van der Waals surface area contributed by atoms with Gasteiger partial charge in [-0.15, -0.1) is 0 Å². The van der Waals surface area contributed by atoms with Gasteiger partial charge < -0.3 is 4.74 Å². The van der Waals surface area contributed by atoms with Gasteiger partial charge >= 0.3 is 0 Å². The third kappa shape index (κ3) is 1.30. The van der Waals surface area contributed by atoms with Crippen molar-refractivity contribution in [2.45, 2.75) is 26.3 Å². The topological polar surface area (TPSA) is 12.5 Å². The van der Waals surface area contributed by atoms with Gasteiger partial charge in [0.1, 0.15) is 0 Å². The van der Waals surface area contributed by atoms with E-state index in [1.165, 1.54) is 0 Å². The highest BCUT2D eigenvalue weighted by molar-refractivity contribution is 4.97. The van der Waals surface area contributed by atoms with E-state index in [2.05, 4.69) is 32.7 Å². The van der Waals surface area contributed by atoms with E-state index in [1.54, 1.807) is 0 Å². The van der Waals surface area contributed by atoms with E-state index in [4.69, 9.17) is 4.74 Å². The van der Waals surface area contributed by atoms with Gasteiger partial charge in [-0.05, 0) is 19.5 Å². The number of hydrogen-bond acceptors (Lipinski definition) is 2. The van der Waals surface area contributed by atoms with Crippen molar-refractivity contribution in [2.24, 2.45) is 5.92 Å². The molecule has 1 rings (SSSR count). The van der Waals surface area contributed by atoms with Crippen LogP contribution >= 0.6 is 0 Å². The Morgan fingerprint density at radius 3 is 2.09 bits per heavy atom. The summed E-state index contributed by atoms with van der Waals surface area (Å²) in [6, 6.07) is 0. The van der Waals surface area contributed by atoms with Gasteiger partial charge in [-0.1, -0.05) is 20.8 Å². The molecule has 1 saturated heterocycles. The molecule has 2 nitrogen and oxygen atoms in total. The molecular formula is C9H19NO. The van der Waals surface area contributed by atoms with Gasteiger partial charge in [-0.3, -0.25) is 4.90 Å². The first-order chi connectivity index (χ1) is 5.13. The minimum atomic E-state index is 0.342. The molecule has 11 heavy (non-hydrogen) atoms. The molecule has 0 saturated carbocycles. The molecule has 2 heteroatoms. The van der Waals surface area contributed by atoms with E-state index in [0.29, 0.717) is 11.5 Å². The second-order valence-electron chi connectivity index (χ2n) is 3.77. The summed E-state index contributed by atoms with van der Waals surface area (Å²) in [6.07, 6.45) is 0. The fourth-order valence-electron chi connectivity index (χ4n) is 1.62. The molecule has 1 aliphatic heterocycles. The first-order valence-electron chi connectivity index (χ1n) is 4.42. The molecule has 1 aliphatic rings. The molecule has 1 fully saturated rings. The number of nitrogens with zero attached hydrogens (tertiary/aromatic N) is 1. The van der Waals surface area contributed by atoms with Crippen LogP contribution in [0.15, 0.2) is 0 Å². The molecule has 0 aromatic carbocycles. The lowest BCUT2D eigenvalue weighted by molar-refractivity contribution is -0.154. The highest BCUT2D eigenvalue weighted by Gasteiger charge is 2.44. The predicted octanol–water partition coefficient (Wildman–Crippen LogP) is 1.36. The number of hydrogen-bond donors (Lipinski definition) is 0. The summed E-state index contributed by atoms with van der Waals surface area (Å²) < 4.78 is 5.28. The Morgan fingerprint density at radius 1 is 1.45 bits per heavy atom. The zero-order valence-electron chi connectivity index (χ0n) is 8.05. The average Bonchev–Trinajstić information content (AvgIpc) is 1.84. The van der Waals surface area contributed by atoms with Gasteiger partial charge in [-0.2, -0.15) is 0 Å². The summed E-state index contributed by atoms with van der Waals surface area (Å²) in [5.41, 5.74) is 0.342. The van der Waals surface area contributed by atoms with E-state index in [-0.39, 0.29) is 0 Å². The Balaban J connectivity index is 2.59. The highest BCUT2D eigenvalue weighted by Crippen LogP contribution is 2.31. The van der Waals surface area contributed by atoms with Crippen molar-refractivity contribution < 1.29 is 4.74 Å². The zero-order valence-corrected chi connectivity index (χ0v) is 8.05. The molecule has 0 unspecified atom stereocenters. The smallest absolute Gasteiger partial charge is 0.0699 e. The number of ether oxygens (including phenoxy) is 1. The first-order valence-corrected chi connectivity index (χ1v) is 4.42. The molecule has 0 aromatic rings. The molecule has 66 valence electrons. The third-order valence-electron chi connectivity index (χ3n) is 3.01. The van der Waals surface area contributed by atoms with E-state index in [0.717, 1.165) is 19.8 Å². The molecular weight excluding hydrogens is 138 g/mol. The molecule has 0 bridgehead atoms. The summed E-state index contributed by atoms with van der Waals surface area (Å²) in [5, 5.41) is 0. The number of likely N-dealkylation sites (N-methyl/N-ethyl adjacent to an activating group) is 1. The van der Waals surface area contributed by atoms with Crippen LogP contribution in [0, 0.1) is 5.92 Å². The molecule has 0 radical (unpaired) electrons. The maximum Gasteiger partial charge on any atom is 0.0699 e. The standard InChI is InChI=1S/C9H19NO/c1-5-10(4)9(8(2)3)6-11-7-9/h8H,5-7H2,1-4H3. The van der Waals surface area contributed by atoms with Gasteiger partial charge in [-0.25, -0.2) is 0 Å². The lowest BCUT2D eigenvalue weighted by atomic mass is 9.83. The second-order valence-corrected chi connectivity index (χ2v) is 3.77. The molecule has 0 spiro atoms. The summed E-state index contributed by atoms with van der Waals surface area (Å²) in [6.45, 7) is 9.68. The molecule has 0 amide bonds. The highest BCUT2D eigenvalue weighted by atomic mass is 16.5. The van der Waals surface area contributed by atoms with Crippen LogP contribution in [-0.4, -0.2) is 37.2 Å². The SMILES string of the molecule is CCN(C)C1(C(C)C)COC1. The lowest BCUT2D eigenvalue weighted by Gasteiger charge is -2.50. The molecule has 0 aromatic heterocycles. The van der Waals surface area contributed by atoms with Crippen LogP contribution in [0.2, 0.25) is 0 Å².